The molecule has 1 amide bonds. The van der Waals surface area contributed by atoms with Crippen molar-refractivity contribution in [3.8, 4) is 10.6 Å². The minimum atomic E-state index is -0.201. The molecule has 0 unspecified atom stereocenters. The maximum Gasteiger partial charge on any atom is 0.271 e. The molecule has 0 atom stereocenters. The smallest absolute Gasteiger partial charge is 0.271 e. The van der Waals surface area contributed by atoms with E-state index in [0.29, 0.717) is 30.5 Å². The first-order valence-electron chi connectivity index (χ1n) is 7.67. The number of nitrogens with zero attached hydrogens (tertiary/aromatic N) is 4. The molecule has 8 nitrogen and oxygen atoms in total. The highest BCUT2D eigenvalue weighted by molar-refractivity contribution is 7.13. The van der Waals surface area contributed by atoms with Gasteiger partial charge in [0.2, 0.25) is 5.95 Å². The molecule has 25 heavy (non-hydrogen) atoms. The number of aliphatic imine (C=N–C) groups is 1. The molecule has 3 aromatic rings. The number of H-pyrrole nitrogens is 1. The quantitative estimate of drug-likeness (QED) is 0.425. The molecule has 0 saturated carbocycles. The summed E-state index contributed by atoms with van der Waals surface area (Å²) in [6.45, 7) is 4.57. The van der Waals surface area contributed by atoms with E-state index >= 15 is 0 Å². The highest BCUT2D eigenvalue weighted by Crippen LogP contribution is 2.22. The average molecular weight is 355 g/mol. The molecule has 9 heteroatoms. The van der Waals surface area contributed by atoms with Gasteiger partial charge in [-0.2, -0.15) is 10.1 Å². The molecule has 0 aliphatic rings. The summed E-state index contributed by atoms with van der Waals surface area (Å²) in [5.74, 6) is 0.808. The number of anilines is 1. The minimum absolute atomic E-state index is 0.201. The SMILES string of the molecule is C=Nc1ccnc(NCCCNC(=O)c2cc(-c3cccs3)[nH]n2)n1. The Morgan fingerprint density at radius 1 is 1.36 bits per heavy atom. The van der Waals surface area contributed by atoms with Crippen molar-refractivity contribution in [3.05, 3.63) is 41.5 Å². The third-order valence-electron chi connectivity index (χ3n) is 3.32. The van der Waals surface area contributed by atoms with Gasteiger partial charge in [-0.25, -0.2) is 9.98 Å². The number of hydrogen-bond acceptors (Lipinski definition) is 7. The number of amides is 1. The van der Waals surface area contributed by atoms with Gasteiger partial charge in [0.25, 0.3) is 5.91 Å². The van der Waals surface area contributed by atoms with Crippen LogP contribution < -0.4 is 10.6 Å². The van der Waals surface area contributed by atoms with Gasteiger partial charge in [0.15, 0.2) is 11.5 Å². The van der Waals surface area contributed by atoms with Crippen LogP contribution in [0.3, 0.4) is 0 Å². The molecule has 0 aliphatic carbocycles. The van der Waals surface area contributed by atoms with Crippen molar-refractivity contribution < 1.29 is 4.79 Å². The first-order chi connectivity index (χ1) is 12.3. The van der Waals surface area contributed by atoms with Crippen LogP contribution in [0.25, 0.3) is 10.6 Å². The molecular formula is C16H17N7OS. The van der Waals surface area contributed by atoms with Crippen LogP contribution in [-0.4, -0.2) is 45.9 Å². The number of aromatic amines is 1. The van der Waals surface area contributed by atoms with Crippen molar-refractivity contribution in [2.45, 2.75) is 6.42 Å². The number of carbonyl (C=O) groups excluding carboxylic acids is 1. The summed E-state index contributed by atoms with van der Waals surface area (Å²) in [6, 6.07) is 7.36. The van der Waals surface area contributed by atoms with Crippen molar-refractivity contribution in [1.82, 2.24) is 25.5 Å². The van der Waals surface area contributed by atoms with E-state index in [1.54, 1.807) is 29.7 Å². The van der Waals surface area contributed by atoms with E-state index in [-0.39, 0.29) is 5.91 Å². The Labute approximate surface area is 148 Å². The van der Waals surface area contributed by atoms with Crippen LogP contribution in [-0.2, 0) is 0 Å². The second kappa shape index (κ2) is 8.15. The number of carbonyl (C=O) groups is 1. The maximum absolute atomic E-state index is 12.1. The van der Waals surface area contributed by atoms with Gasteiger partial charge in [-0.1, -0.05) is 6.07 Å². The lowest BCUT2D eigenvalue weighted by molar-refractivity contribution is 0.0948. The van der Waals surface area contributed by atoms with E-state index in [1.165, 1.54) is 0 Å². The van der Waals surface area contributed by atoms with Gasteiger partial charge in [0.05, 0.1) is 10.6 Å². The maximum atomic E-state index is 12.1. The highest BCUT2D eigenvalue weighted by atomic mass is 32.1. The Morgan fingerprint density at radius 2 is 2.28 bits per heavy atom. The van der Waals surface area contributed by atoms with Crippen molar-refractivity contribution in [2.75, 3.05) is 18.4 Å². The van der Waals surface area contributed by atoms with Crippen LogP contribution in [0.15, 0.2) is 40.8 Å². The second-order valence-corrected chi connectivity index (χ2v) is 6.02. The summed E-state index contributed by atoms with van der Waals surface area (Å²) in [7, 11) is 0. The Hall–Kier alpha value is -3.07. The predicted octanol–water partition coefficient (Wildman–Crippen LogP) is 2.49. The molecule has 128 valence electrons. The monoisotopic (exact) mass is 355 g/mol. The molecule has 0 aromatic carbocycles. The first kappa shape index (κ1) is 16.8. The number of hydrogen-bond donors (Lipinski definition) is 3. The third-order valence-corrected chi connectivity index (χ3v) is 4.23. The van der Waals surface area contributed by atoms with E-state index in [2.05, 4.69) is 42.5 Å². The Bertz CT molecular complexity index is 844. The van der Waals surface area contributed by atoms with Crippen molar-refractivity contribution in [1.29, 1.82) is 0 Å². The summed E-state index contributed by atoms with van der Waals surface area (Å²) in [4.78, 5) is 25.1. The number of aromatic nitrogens is 4. The van der Waals surface area contributed by atoms with Crippen LogP contribution in [0.4, 0.5) is 11.8 Å². The lowest BCUT2D eigenvalue weighted by Gasteiger charge is -2.05. The fourth-order valence-electron chi connectivity index (χ4n) is 2.10. The number of nitrogens with one attached hydrogen (secondary N) is 3. The molecule has 0 bridgehead atoms. The van der Waals surface area contributed by atoms with Crippen molar-refractivity contribution in [3.63, 3.8) is 0 Å². The lowest BCUT2D eigenvalue weighted by atomic mass is 10.3. The molecular weight excluding hydrogens is 338 g/mol. The van der Waals surface area contributed by atoms with Gasteiger partial charge >= 0.3 is 0 Å². The minimum Gasteiger partial charge on any atom is -0.354 e. The summed E-state index contributed by atoms with van der Waals surface area (Å²) in [5.41, 5.74) is 1.22. The number of rotatable bonds is 8. The second-order valence-electron chi connectivity index (χ2n) is 5.08. The van der Waals surface area contributed by atoms with Crippen LogP contribution in [0.1, 0.15) is 16.9 Å². The normalized spacial score (nSPS) is 10.4. The first-order valence-corrected chi connectivity index (χ1v) is 8.55. The van der Waals surface area contributed by atoms with Gasteiger partial charge in [-0.15, -0.1) is 11.3 Å². The van der Waals surface area contributed by atoms with Crippen LogP contribution in [0, 0.1) is 0 Å². The fraction of sp³-hybridized carbons (Fsp3) is 0.188. The standard InChI is InChI=1S/C16H17N7OS/c1-17-14-5-8-20-16(21-14)19-7-3-6-18-15(24)12-10-11(22-23-12)13-4-2-9-25-13/h2,4-5,8-10H,1,3,6-7H2,(H,18,24)(H,22,23)(H,19,20,21). The zero-order chi connectivity index (χ0) is 17.5. The highest BCUT2D eigenvalue weighted by Gasteiger charge is 2.11. The van der Waals surface area contributed by atoms with E-state index in [9.17, 15) is 4.79 Å². The van der Waals surface area contributed by atoms with Crippen molar-refractivity contribution in [2.24, 2.45) is 4.99 Å². The molecule has 0 spiro atoms. The lowest BCUT2D eigenvalue weighted by Crippen LogP contribution is -2.26. The molecule has 0 aliphatic heterocycles. The Morgan fingerprint density at radius 3 is 3.08 bits per heavy atom. The predicted molar refractivity (Wildman–Crippen MR) is 98.6 cm³/mol. The summed E-state index contributed by atoms with van der Waals surface area (Å²) < 4.78 is 0. The molecule has 3 rings (SSSR count). The van der Waals surface area contributed by atoms with E-state index < -0.39 is 0 Å². The molecule has 0 saturated heterocycles. The molecule has 3 aromatic heterocycles. The van der Waals surface area contributed by atoms with E-state index in [1.807, 2.05) is 17.5 Å². The van der Waals surface area contributed by atoms with Crippen LogP contribution >= 0.6 is 11.3 Å². The zero-order valence-electron chi connectivity index (χ0n) is 13.4. The summed E-state index contributed by atoms with van der Waals surface area (Å²) in [6.07, 6.45) is 2.34. The largest absolute Gasteiger partial charge is 0.354 e. The molecule has 0 fully saturated rings. The summed E-state index contributed by atoms with van der Waals surface area (Å²) in [5, 5.41) is 14.8. The van der Waals surface area contributed by atoms with Gasteiger partial charge in [-0.3, -0.25) is 9.89 Å². The Kier molecular flexibility index (Phi) is 5.47. The van der Waals surface area contributed by atoms with Gasteiger partial charge in [-0.05, 0) is 30.7 Å². The molecule has 0 radical (unpaired) electrons. The summed E-state index contributed by atoms with van der Waals surface area (Å²) >= 11 is 1.59. The number of thiophene rings is 1. The van der Waals surface area contributed by atoms with Gasteiger partial charge in [0, 0.05) is 25.4 Å². The zero-order valence-corrected chi connectivity index (χ0v) is 14.2. The van der Waals surface area contributed by atoms with Crippen molar-refractivity contribution >= 4 is 35.7 Å². The topological polar surface area (TPSA) is 108 Å². The average Bonchev–Trinajstić information content (AvgIpc) is 3.32. The van der Waals surface area contributed by atoms with Crippen LogP contribution in [0.5, 0.6) is 0 Å². The molecule has 3 N–H and O–H groups in total. The third kappa shape index (κ3) is 4.48. The van der Waals surface area contributed by atoms with Gasteiger partial charge < -0.3 is 10.6 Å². The van der Waals surface area contributed by atoms with E-state index in [4.69, 9.17) is 0 Å². The molecule has 3 heterocycles. The Balaban J connectivity index is 1.41. The van der Waals surface area contributed by atoms with Crippen LogP contribution in [0.2, 0.25) is 0 Å². The fourth-order valence-corrected chi connectivity index (χ4v) is 2.79. The van der Waals surface area contributed by atoms with Gasteiger partial charge in [0.1, 0.15) is 0 Å². The van der Waals surface area contributed by atoms with E-state index in [0.717, 1.165) is 17.0 Å².